The monoisotopic (exact) mass is 524 g/mol. The summed E-state index contributed by atoms with van der Waals surface area (Å²) >= 11 is 5.75. The van der Waals surface area contributed by atoms with Crippen molar-refractivity contribution in [3.8, 4) is 5.75 Å². The highest BCUT2D eigenvalue weighted by Gasteiger charge is 2.16. The standard InChI is InChI=1S/C27H26ClFN4O4/c1-36-18-25-22(27(35)30-11-13-37-21-9-10-24(29)23(28)14-21)17-33(31-25)16-20-7-5-19(6-8-20)15-32-12-3-2-4-26(32)34/h2-10,12,14,17H,11,13,15-16,18H2,1H3,(H,30,35). The maximum Gasteiger partial charge on any atom is 0.254 e. The molecule has 2 heterocycles. The van der Waals surface area contributed by atoms with Crippen LogP contribution in [0.2, 0.25) is 5.02 Å². The highest BCUT2D eigenvalue weighted by molar-refractivity contribution is 6.30. The molecule has 4 aromatic rings. The lowest BCUT2D eigenvalue weighted by atomic mass is 10.1. The average Bonchev–Trinajstić information content (AvgIpc) is 3.29. The molecular formula is C27H26ClFN4O4. The molecule has 0 unspecified atom stereocenters. The van der Waals surface area contributed by atoms with Gasteiger partial charge in [0.1, 0.15) is 23.9 Å². The Kier molecular flexibility index (Phi) is 8.71. The van der Waals surface area contributed by atoms with Gasteiger partial charge in [0, 0.05) is 31.6 Å². The minimum atomic E-state index is -0.523. The van der Waals surface area contributed by atoms with Crippen LogP contribution in [0.25, 0.3) is 0 Å². The Bertz CT molecular complexity index is 1420. The van der Waals surface area contributed by atoms with Crippen LogP contribution in [0.15, 0.2) is 77.9 Å². The van der Waals surface area contributed by atoms with Gasteiger partial charge in [-0.15, -0.1) is 0 Å². The summed E-state index contributed by atoms with van der Waals surface area (Å²) in [6, 6.07) is 17.0. The van der Waals surface area contributed by atoms with E-state index in [4.69, 9.17) is 21.1 Å². The number of nitrogens with zero attached hydrogens (tertiary/aromatic N) is 3. The SMILES string of the molecule is COCc1nn(Cc2ccc(Cn3ccccc3=O)cc2)cc1C(=O)NCCOc1ccc(F)c(Cl)c1. The predicted octanol–water partition coefficient (Wildman–Crippen LogP) is 3.89. The van der Waals surface area contributed by atoms with Crippen molar-refractivity contribution in [1.29, 1.82) is 0 Å². The van der Waals surface area contributed by atoms with Gasteiger partial charge in [0.25, 0.3) is 11.5 Å². The average molecular weight is 525 g/mol. The molecule has 0 bridgehead atoms. The Morgan fingerprint density at radius 1 is 1.08 bits per heavy atom. The van der Waals surface area contributed by atoms with Gasteiger partial charge < -0.3 is 19.4 Å². The molecule has 0 aliphatic carbocycles. The number of hydrogen-bond donors (Lipinski definition) is 1. The fraction of sp³-hybridized carbons (Fsp3) is 0.222. The molecule has 4 rings (SSSR count). The molecule has 8 nitrogen and oxygen atoms in total. The molecule has 0 atom stereocenters. The maximum atomic E-state index is 13.3. The molecule has 0 radical (unpaired) electrons. The molecule has 2 aromatic heterocycles. The first kappa shape index (κ1) is 26.1. The van der Waals surface area contributed by atoms with E-state index in [1.54, 1.807) is 34.8 Å². The first-order valence-electron chi connectivity index (χ1n) is 11.6. The summed E-state index contributed by atoms with van der Waals surface area (Å²) in [4.78, 5) is 24.7. The molecule has 0 aliphatic rings. The largest absolute Gasteiger partial charge is 0.492 e. The molecule has 192 valence electrons. The molecule has 0 saturated heterocycles. The number of hydrogen-bond acceptors (Lipinski definition) is 5. The lowest BCUT2D eigenvalue weighted by Crippen LogP contribution is -2.28. The van der Waals surface area contributed by atoms with Crippen molar-refractivity contribution in [2.24, 2.45) is 0 Å². The smallest absolute Gasteiger partial charge is 0.254 e. The molecule has 0 fully saturated rings. The topological polar surface area (TPSA) is 87.4 Å². The summed E-state index contributed by atoms with van der Waals surface area (Å²) in [5.41, 5.74) is 2.88. The molecule has 1 amide bonds. The molecule has 10 heteroatoms. The number of carbonyl (C=O) groups is 1. The highest BCUT2D eigenvalue weighted by atomic mass is 35.5. The van der Waals surface area contributed by atoms with Gasteiger partial charge in [0.2, 0.25) is 0 Å². The Labute approximate surface area is 218 Å². The molecule has 0 saturated carbocycles. The van der Waals surface area contributed by atoms with Crippen LogP contribution >= 0.6 is 11.6 Å². The van der Waals surface area contributed by atoms with Crippen molar-refractivity contribution in [2.45, 2.75) is 19.7 Å². The summed E-state index contributed by atoms with van der Waals surface area (Å²) in [7, 11) is 1.54. The summed E-state index contributed by atoms with van der Waals surface area (Å²) < 4.78 is 27.3. The quantitative estimate of drug-likeness (QED) is 0.301. The molecule has 2 aromatic carbocycles. The van der Waals surface area contributed by atoms with Crippen LogP contribution in [0.1, 0.15) is 27.2 Å². The highest BCUT2D eigenvalue weighted by Crippen LogP contribution is 2.21. The zero-order chi connectivity index (χ0) is 26.2. The van der Waals surface area contributed by atoms with E-state index in [9.17, 15) is 14.0 Å². The normalized spacial score (nSPS) is 10.9. The Balaban J connectivity index is 1.35. The fourth-order valence-corrected chi connectivity index (χ4v) is 3.87. The third-order valence-electron chi connectivity index (χ3n) is 5.53. The fourth-order valence-electron chi connectivity index (χ4n) is 3.70. The Hall–Kier alpha value is -3.95. The third-order valence-corrected chi connectivity index (χ3v) is 5.82. The van der Waals surface area contributed by atoms with Gasteiger partial charge in [-0.25, -0.2) is 4.39 Å². The second-order valence-electron chi connectivity index (χ2n) is 8.28. The van der Waals surface area contributed by atoms with Gasteiger partial charge >= 0.3 is 0 Å². The summed E-state index contributed by atoms with van der Waals surface area (Å²) in [6.45, 7) is 1.55. The number of rotatable bonds is 11. The Morgan fingerprint density at radius 2 is 1.84 bits per heavy atom. The lowest BCUT2D eigenvalue weighted by Gasteiger charge is -2.08. The second kappa shape index (κ2) is 12.3. The minimum Gasteiger partial charge on any atom is -0.492 e. The molecule has 1 N–H and O–H groups in total. The number of nitrogens with one attached hydrogen (secondary N) is 1. The van der Waals surface area contributed by atoms with E-state index in [0.717, 1.165) is 11.1 Å². The zero-order valence-electron chi connectivity index (χ0n) is 20.2. The number of pyridine rings is 1. The number of benzene rings is 2. The molecule has 0 spiro atoms. The van der Waals surface area contributed by atoms with Gasteiger partial charge in [-0.3, -0.25) is 14.3 Å². The van der Waals surface area contributed by atoms with Crippen LogP contribution in [0.4, 0.5) is 4.39 Å². The van der Waals surface area contributed by atoms with Gasteiger partial charge in [-0.1, -0.05) is 41.9 Å². The van der Waals surface area contributed by atoms with Gasteiger partial charge in [0.15, 0.2) is 0 Å². The Morgan fingerprint density at radius 3 is 2.54 bits per heavy atom. The number of ether oxygens (including phenoxy) is 2. The van der Waals surface area contributed by atoms with Crippen molar-refractivity contribution in [3.05, 3.63) is 117 Å². The molecule has 37 heavy (non-hydrogen) atoms. The number of aromatic nitrogens is 3. The number of amides is 1. The van der Waals surface area contributed by atoms with Gasteiger partial charge in [-0.2, -0.15) is 5.10 Å². The first-order valence-corrected chi connectivity index (χ1v) is 12.0. The number of methoxy groups -OCH3 is 1. The lowest BCUT2D eigenvalue weighted by molar-refractivity contribution is 0.0942. The van der Waals surface area contributed by atoms with E-state index in [1.165, 1.54) is 24.3 Å². The van der Waals surface area contributed by atoms with Crippen molar-refractivity contribution in [1.82, 2.24) is 19.7 Å². The number of halogens is 2. The summed E-state index contributed by atoms with van der Waals surface area (Å²) in [6.07, 6.45) is 3.44. The zero-order valence-corrected chi connectivity index (χ0v) is 21.0. The van der Waals surface area contributed by atoms with Gasteiger partial charge in [-0.05, 0) is 29.3 Å². The van der Waals surface area contributed by atoms with E-state index < -0.39 is 5.82 Å². The van der Waals surface area contributed by atoms with Crippen molar-refractivity contribution < 1.29 is 18.7 Å². The van der Waals surface area contributed by atoms with Crippen molar-refractivity contribution >= 4 is 17.5 Å². The van der Waals surface area contributed by atoms with Gasteiger partial charge in [0.05, 0.1) is 36.8 Å². The maximum absolute atomic E-state index is 13.3. The van der Waals surface area contributed by atoms with Crippen LogP contribution < -0.4 is 15.6 Å². The molecule has 0 aliphatic heterocycles. The van der Waals surface area contributed by atoms with Crippen LogP contribution in [0.5, 0.6) is 5.75 Å². The first-order chi connectivity index (χ1) is 17.9. The van der Waals surface area contributed by atoms with Crippen LogP contribution in [-0.4, -0.2) is 40.5 Å². The van der Waals surface area contributed by atoms with Crippen LogP contribution in [0.3, 0.4) is 0 Å². The summed E-state index contributed by atoms with van der Waals surface area (Å²) in [5, 5.41) is 7.29. The van der Waals surface area contributed by atoms with E-state index in [-0.39, 0.29) is 36.2 Å². The van der Waals surface area contributed by atoms with E-state index in [2.05, 4.69) is 10.4 Å². The van der Waals surface area contributed by atoms with Crippen molar-refractivity contribution in [3.63, 3.8) is 0 Å². The van der Waals surface area contributed by atoms with E-state index in [0.29, 0.717) is 30.1 Å². The number of carbonyl (C=O) groups excluding carboxylic acids is 1. The predicted molar refractivity (Wildman–Crippen MR) is 138 cm³/mol. The third kappa shape index (κ3) is 7.05. The minimum absolute atomic E-state index is 0.0283. The molecular weight excluding hydrogens is 499 g/mol. The summed E-state index contributed by atoms with van der Waals surface area (Å²) in [5.74, 6) is -0.414. The van der Waals surface area contributed by atoms with Crippen molar-refractivity contribution in [2.75, 3.05) is 20.3 Å². The van der Waals surface area contributed by atoms with E-state index in [1.807, 2.05) is 30.3 Å². The van der Waals surface area contributed by atoms with Crippen LogP contribution in [-0.2, 0) is 24.4 Å². The second-order valence-corrected chi connectivity index (χ2v) is 8.69. The van der Waals surface area contributed by atoms with E-state index >= 15 is 0 Å². The van der Waals surface area contributed by atoms with Crippen LogP contribution in [0, 0.1) is 5.82 Å².